The lowest BCUT2D eigenvalue weighted by molar-refractivity contribution is -0.289. The number of rotatable bonds is 4. The first-order chi connectivity index (χ1) is 11.2. The van der Waals surface area contributed by atoms with E-state index in [9.17, 15) is 30.4 Å². The summed E-state index contributed by atoms with van der Waals surface area (Å²) >= 11 is 17.0. The monoisotopic (exact) mass is 444 g/mol. The molecule has 138 valence electrons. The summed E-state index contributed by atoms with van der Waals surface area (Å²) in [7, 11) is -5.05. The van der Waals surface area contributed by atoms with Crippen molar-refractivity contribution in [3.8, 4) is 0 Å². The normalized spacial score (nSPS) is 13.4. The van der Waals surface area contributed by atoms with E-state index < -0.39 is 38.7 Å². The highest BCUT2D eigenvalue weighted by Gasteiger charge is 2.58. The van der Waals surface area contributed by atoms with Crippen molar-refractivity contribution >= 4 is 56.0 Å². The molecule has 0 atom stereocenters. The minimum Gasteiger partial charge on any atom is -0.260 e. The summed E-state index contributed by atoms with van der Waals surface area (Å²) in [6.45, 7) is -2.44. The first-order valence-electron chi connectivity index (χ1n) is 5.91. The van der Waals surface area contributed by atoms with Crippen LogP contribution in [0.3, 0.4) is 0 Å². The molecular weight excluding hydrogens is 442 g/mol. The van der Waals surface area contributed by atoms with Gasteiger partial charge >= 0.3 is 12.1 Å². The van der Waals surface area contributed by atoms with Gasteiger partial charge in [-0.05, 0) is 12.1 Å². The molecule has 0 N–H and O–H groups in total. The average molecular weight is 446 g/mol. The molecule has 5 nitrogen and oxygen atoms in total. The predicted molar refractivity (Wildman–Crippen MR) is 78.7 cm³/mol. The summed E-state index contributed by atoms with van der Waals surface area (Å²) in [4.78, 5) is 6.58. The Hall–Kier alpha value is -1.01. The maximum Gasteiger partial charge on any atom is 0.455 e. The predicted octanol–water partition coefficient (Wildman–Crippen LogP) is 4.49. The van der Waals surface area contributed by atoms with Gasteiger partial charge in [-0.1, -0.05) is 34.8 Å². The van der Waals surface area contributed by atoms with E-state index in [1.54, 1.807) is 0 Å². The number of fused-ring (bicyclic) bond motifs is 1. The van der Waals surface area contributed by atoms with Crippen LogP contribution in [-0.4, -0.2) is 37.1 Å². The smallest absolute Gasteiger partial charge is 0.260 e. The van der Waals surface area contributed by atoms with Crippen LogP contribution in [0.25, 0.3) is 11.0 Å². The Morgan fingerprint density at radius 2 is 1.44 bits per heavy atom. The van der Waals surface area contributed by atoms with Crippen molar-refractivity contribution < 1.29 is 34.6 Å². The highest BCUT2D eigenvalue weighted by Crippen LogP contribution is 2.37. The number of hydrogen-bond acceptors (Lipinski definition) is 5. The SMILES string of the molecule is O=S(=O)(OCC(F)(F)C(F)(F)F)c1cc2nc(Cl)c(Cl)nc2cc1Cl. The molecule has 1 aromatic carbocycles. The lowest BCUT2D eigenvalue weighted by Gasteiger charge is -2.19. The molecule has 1 heterocycles. The summed E-state index contributed by atoms with van der Waals surface area (Å²) < 4.78 is 89.5. The number of halogens is 8. The van der Waals surface area contributed by atoms with Gasteiger partial charge < -0.3 is 0 Å². The zero-order chi connectivity index (χ0) is 19.2. The van der Waals surface area contributed by atoms with Gasteiger partial charge in [-0.2, -0.15) is 30.4 Å². The third-order valence-electron chi connectivity index (χ3n) is 2.72. The minimum absolute atomic E-state index is 0.0129. The van der Waals surface area contributed by atoms with Gasteiger partial charge in [-0.15, -0.1) is 0 Å². The van der Waals surface area contributed by atoms with Crippen molar-refractivity contribution in [3.63, 3.8) is 0 Å². The molecule has 2 aromatic rings. The molecule has 1 aromatic heterocycles. The van der Waals surface area contributed by atoms with E-state index in [0.717, 1.165) is 12.1 Å². The maximum atomic E-state index is 12.8. The molecule has 2 rings (SSSR count). The van der Waals surface area contributed by atoms with E-state index in [-0.39, 0.29) is 21.3 Å². The van der Waals surface area contributed by atoms with E-state index in [2.05, 4.69) is 14.2 Å². The summed E-state index contributed by atoms with van der Waals surface area (Å²) in [5.74, 6) is -5.37. The molecule has 0 radical (unpaired) electrons. The highest BCUT2D eigenvalue weighted by molar-refractivity contribution is 7.86. The van der Waals surface area contributed by atoms with Gasteiger partial charge in [0, 0.05) is 0 Å². The molecule has 0 fully saturated rings. The van der Waals surface area contributed by atoms with Crippen LogP contribution in [0.4, 0.5) is 22.0 Å². The molecule has 0 bridgehead atoms. The molecule has 0 spiro atoms. The van der Waals surface area contributed by atoms with Gasteiger partial charge in [0.15, 0.2) is 10.3 Å². The first kappa shape index (κ1) is 20.3. The Balaban J connectivity index is 2.42. The van der Waals surface area contributed by atoms with Crippen LogP contribution in [0.2, 0.25) is 15.3 Å². The fourth-order valence-corrected chi connectivity index (χ4v) is 3.20. The Labute approximate surface area is 151 Å². The number of alkyl halides is 5. The molecule has 0 aliphatic heterocycles. The molecule has 0 saturated heterocycles. The largest absolute Gasteiger partial charge is 0.455 e. The standard InChI is InChI=1S/C11H4Cl3F5N2O3S/c12-4-1-5-6(21-9(14)8(13)20-5)2-7(4)25(22,23)24-3-10(15,16)11(17,18)19/h1-2H,3H2. The quantitative estimate of drug-likeness (QED) is 0.512. The maximum absolute atomic E-state index is 12.8. The van der Waals surface area contributed by atoms with Crippen LogP contribution in [0.1, 0.15) is 0 Å². The first-order valence-corrected chi connectivity index (χ1v) is 8.45. The lowest BCUT2D eigenvalue weighted by atomic mass is 10.3. The number of benzene rings is 1. The van der Waals surface area contributed by atoms with Gasteiger partial charge in [-0.3, -0.25) is 4.18 Å². The van der Waals surface area contributed by atoms with Crippen molar-refractivity contribution in [2.24, 2.45) is 0 Å². The van der Waals surface area contributed by atoms with Crippen LogP contribution in [0, 0.1) is 0 Å². The Morgan fingerprint density at radius 3 is 1.92 bits per heavy atom. The zero-order valence-corrected chi connectivity index (χ0v) is 14.5. The second-order valence-corrected chi connectivity index (χ2v) is 7.20. The lowest BCUT2D eigenvalue weighted by Crippen LogP contribution is -2.41. The number of hydrogen-bond donors (Lipinski definition) is 0. The number of aromatic nitrogens is 2. The Bertz CT molecular complexity index is 937. The molecule has 25 heavy (non-hydrogen) atoms. The summed E-state index contributed by atoms with van der Waals surface area (Å²) in [6.07, 6.45) is -5.98. The molecule has 0 aliphatic carbocycles. The third kappa shape index (κ3) is 4.22. The van der Waals surface area contributed by atoms with E-state index in [0.29, 0.717) is 0 Å². The Kier molecular flexibility index (Phi) is 5.37. The van der Waals surface area contributed by atoms with Gasteiger partial charge in [0.2, 0.25) is 0 Å². The van der Waals surface area contributed by atoms with Crippen LogP contribution in [0.15, 0.2) is 17.0 Å². The van der Waals surface area contributed by atoms with Crippen LogP contribution >= 0.6 is 34.8 Å². The second kappa shape index (κ2) is 6.62. The molecule has 0 saturated carbocycles. The van der Waals surface area contributed by atoms with Crippen molar-refractivity contribution in [1.82, 2.24) is 9.97 Å². The van der Waals surface area contributed by atoms with Gasteiger partial charge in [-0.25, -0.2) is 9.97 Å². The average Bonchev–Trinajstić information content (AvgIpc) is 2.45. The second-order valence-electron chi connectivity index (χ2n) is 4.50. The molecule has 0 aliphatic rings. The fourth-order valence-electron chi connectivity index (χ4n) is 1.50. The molecule has 14 heteroatoms. The summed E-state index contributed by atoms with van der Waals surface area (Å²) in [5, 5.41) is -1.04. The van der Waals surface area contributed by atoms with Crippen molar-refractivity contribution in [2.75, 3.05) is 6.61 Å². The van der Waals surface area contributed by atoms with Gasteiger partial charge in [0.05, 0.1) is 16.1 Å². The fraction of sp³-hybridized carbons (Fsp3) is 0.273. The molecule has 0 amide bonds. The summed E-state index contributed by atoms with van der Waals surface area (Å²) in [5.41, 5.74) is -0.137. The van der Waals surface area contributed by atoms with Crippen molar-refractivity contribution in [3.05, 3.63) is 27.5 Å². The Morgan fingerprint density at radius 1 is 0.960 bits per heavy atom. The third-order valence-corrected chi connectivity index (χ3v) is 5.07. The van der Waals surface area contributed by atoms with E-state index in [4.69, 9.17) is 34.8 Å². The van der Waals surface area contributed by atoms with E-state index in [1.807, 2.05) is 0 Å². The van der Waals surface area contributed by atoms with Gasteiger partial charge in [0.25, 0.3) is 10.1 Å². The van der Waals surface area contributed by atoms with Crippen molar-refractivity contribution in [2.45, 2.75) is 17.0 Å². The zero-order valence-electron chi connectivity index (χ0n) is 11.4. The van der Waals surface area contributed by atoms with Crippen LogP contribution in [0.5, 0.6) is 0 Å². The van der Waals surface area contributed by atoms with Crippen LogP contribution < -0.4 is 0 Å². The minimum atomic E-state index is -5.98. The topological polar surface area (TPSA) is 69.2 Å². The summed E-state index contributed by atoms with van der Waals surface area (Å²) in [6, 6.07) is 1.72. The van der Waals surface area contributed by atoms with Crippen LogP contribution in [-0.2, 0) is 14.3 Å². The highest BCUT2D eigenvalue weighted by atomic mass is 35.5. The molecular formula is C11H4Cl3F5N2O3S. The van der Waals surface area contributed by atoms with Crippen molar-refractivity contribution in [1.29, 1.82) is 0 Å². The molecule has 0 unspecified atom stereocenters. The number of nitrogens with zero attached hydrogens (tertiary/aromatic N) is 2. The van der Waals surface area contributed by atoms with E-state index in [1.165, 1.54) is 0 Å². The van der Waals surface area contributed by atoms with E-state index >= 15 is 0 Å². The van der Waals surface area contributed by atoms with Gasteiger partial charge in [0.1, 0.15) is 11.5 Å².